The van der Waals surface area contributed by atoms with Crippen molar-refractivity contribution in [2.24, 2.45) is 0 Å². The third-order valence-corrected chi connectivity index (χ3v) is 5.48. The number of aryl methyl sites for hydroxylation is 1. The zero-order chi connectivity index (χ0) is 19.5. The molecule has 1 heterocycles. The Morgan fingerprint density at radius 3 is 2.64 bits per heavy atom. The molecule has 28 heavy (non-hydrogen) atoms. The maximum Gasteiger partial charge on any atom is 0.319 e. The summed E-state index contributed by atoms with van der Waals surface area (Å²) in [5.74, 6) is 1.01. The Balaban J connectivity index is 1.39. The fraction of sp³-hybridized carbons (Fsp3) is 0.364. The van der Waals surface area contributed by atoms with Crippen molar-refractivity contribution in [1.29, 1.82) is 0 Å². The molecule has 1 saturated heterocycles. The number of ether oxygens (including phenoxy) is 1. The molecule has 0 aromatic heterocycles. The number of fused-ring (bicyclic) bond motifs is 1. The van der Waals surface area contributed by atoms with E-state index in [0.717, 1.165) is 49.2 Å². The van der Waals surface area contributed by atoms with Crippen molar-refractivity contribution < 1.29 is 14.3 Å². The van der Waals surface area contributed by atoms with Gasteiger partial charge in [0.1, 0.15) is 5.75 Å². The van der Waals surface area contributed by atoms with Crippen LogP contribution < -0.4 is 20.3 Å². The first-order valence-electron chi connectivity index (χ1n) is 9.79. The van der Waals surface area contributed by atoms with Crippen LogP contribution in [0.2, 0.25) is 0 Å². The molecular formula is C22H25N3O3. The van der Waals surface area contributed by atoms with Gasteiger partial charge in [0.25, 0.3) is 0 Å². The first-order chi connectivity index (χ1) is 13.6. The van der Waals surface area contributed by atoms with Gasteiger partial charge in [-0.1, -0.05) is 6.07 Å². The SMILES string of the molecule is COc1ccc2c(c1)CCC[C@@H]2NC(=O)Nc1ccc(N2CCCC2=O)cc1. The van der Waals surface area contributed by atoms with Crippen LogP contribution in [0.15, 0.2) is 42.5 Å². The van der Waals surface area contributed by atoms with E-state index in [2.05, 4.69) is 16.7 Å². The molecule has 0 bridgehead atoms. The molecule has 6 heteroatoms. The molecule has 3 amide bonds. The second-order valence-corrected chi connectivity index (χ2v) is 7.30. The summed E-state index contributed by atoms with van der Waals surface area (Å²) in [4.78, 5) is 26.1. The van der Waals surface area contributed by atoms with Crippen LogP contribution in [0.1, 0.15) is 42.9 Å². The number of nitrogens with zero attached hydrogens (tertiary/aromatic N) is 1. The predicted octanol–water partition coefficient (Wildman–Crippen LogP) is 4.02. The number of amides is 3. The van der Waals surface area contributed by atoms with Crippen LogP contribution in [-0.4, -0.2) is 25.6 Å². The lowest BCUT2D eigenvalue weighted by Crippen LogP contribution is -2.34. The monoisotopic (exact) mass is 379 g/mol. The minimum Gasteiger partial charge on any atom is -0.497 e. The third kappa shape index (κ3) is 3.81. The Kier molecular flexibility index (Phi) is 5.19. The summed E-state index contributed by atoms with van der Waals surface area (Å²) in [5, 5.41) is 5.98. The molecule has 0 saturated carbocycles. The van der Waals surface area contributed by atoms with Gasteiger partial charge >= 0.3 is 6.03 Å². The fourth-order valence-corrected chi connectivity index (χ4v) is 4.04. The van der Waals surface area contributed by atoms with E-state index in [1.807, 2.05) is 36.4 Å². The van der Waals surface area contributed by atoms with Gasteiger partial charge in [-0.25, -0.2) is 4.79 Å². The van der Waals surface area contributed by atoms with Crippen LogP contribution >= 0.6 is 0 Å². The number of hydrogen-bond donors (Lipinski definition) is 2. The van der Waals surface area contributed by atoms with Gasteiger partial charge in [-0.2, -0.15) is 0 Å². The maximum atomic E-state index is 12.5. The van der Waals surface area contributed by atoms with E-state index in [1.54, 1.807) is 12.0 Å². The van der Waals surface area contributed by atoms with Gasteiger partial charge < -0.3 is 20.3 Å². The normalized spacial score (nSPS) is 18.5. The number of carbonyl (C=O) groups excluding carboxylic acids is 2. The van der Waals surface area contributed by atoms with E-state index >= 15 is 0 Å². The van der Waals surface area contributed by atoms with Gasteiger partial charge in [0.05, 0.1) is 13.2 Å². The molecule has 1 aliphatic heterocycles. The second-order valence-electron chi connectivity index (χ2n) is 7.30. The van der Waals surface area contributed by atoms with Crippen molar-refractivity contribution in [3.05, 3.63) is 53.6 Å². The maximum absolute atomic E-state index is 12.5. The zero-order valence-electron chi connectivity index (χ0n) is 16.0. The van der Waals surface area contributed by atoms with Gasteiger partial charge in [0, 0.05) is 24.3 Å². The average Bonchev–Trinajstić information content (AvgIpc) is 3.14. The van der Waals surface area contributed by atoms with Gasteiger partial charge in [0.15, 0.2) is 0 Å². The molecule has 2 N–H and O–H groups in total. The molecule has 1 fully saturated rings. The highest BCUT2D eigenvalue weighted by Crippen LogP contribution is 2.32. The van der Waals surface area contributed by atoms with Crippen LogP contribution in [0.4, 0.5) is 16.2 Å². The third-order valence-electron chi connectivity index (χ3n) is 5.48. The average molecular weight is 379 g/mol. The Bertz CT molecular complexity index is 879. The zero-order valence-corrected chi connectivity index (χ0v) is 16.0. The van der Waals surface area contributed by atoms with Crippen LogP contribution in [0.3, 0.4) is 0 Å². The minimum atomic E-state index is -0.223. The fourth-order valence-electron chi connectivity index (χ4n) is 4.04. The molecule has 0 radical (unpaired) electrons. The number of urea groups is 1. The largest absolute Gasteiger partial charge is 0.497 e. The van der Waals surface area contributed by atoms with E-state index in [1.165, 1.54) is 5.56 Å². The highest BCUT2D eigenvalue weighted by atomic mass is 16.5. The Hall–Kier alpha value is -3.02. The number of hydrogen-bond acceptors (Lipinski definition) is 3. The van der Waals surface area contributed by atoms with Crippen LogP contribution in [-0.2, 0) is 11.2 Å². The van der Waals surface area contributed by atoms with Crippen molar-refractivity contribution in [3.63, 3.8) is 0 Å². The van der Waals surface area contributed by atoms with E-state index in [0.29, 0.717) is 12.1 Å². The molecule has 146 valence electrons. The predicted molar refractivity (Wildman–Crippen MR) is 109 cm³/mol. The summed E-state index contributed by atoms with van der Waals surface area (Å²) in [6.07, 6.45) is 4.46. The van der Waals surface area contributed by atoms with Crippen molar-refractivity contribution in [1.82, 2.24) is 5.32 Å². The summed E-state index contributed by atoms with van der Waals surface area (Å²) in [5.41, 5.74) is 3.97. The molecule has 6 nitrogen and oxygen atoms in total. The van der Waals surface area contributed by atoms with E-state index in [-0.39, 0.29) is 18.0 Å². The molecule has 2 aromatic rings. The second kappa shape index (κ2) is 7.92. The molecule has 1 aliphatic carbocycles. The van der Waals surface area contributed by atoms with Crippen LogP contribution in [0.5, 0.6) is 5.75 Å². The highest BCUT2D eigenvalue weighted by Gasteiger charge is 2.23. The molecule has 0 spiro atoms. The van der Waals surface area contributed by atoms with Crippen molar-refractivity contribution >= 4 is 23.3 Å². The number of anilines is 2. The first kappa shape index (κ1) is 18.3. The molecular weight excluding hydrogens is 354 g/mol. The Morgan fingerprint density at radius 1 is 1.11 bits per heavy atom. The molecule has 0 unspecified atom stereocenters. The standard InChI is InChI=1S/C22H25N3O3/c1-28-18-11-12-19-15(14-18)4-2-5-20(19)24-22(27)23-16-7-9-17(10-8-16)25-13-3-6-21(25)26/h7-12,14,20H,2-6,13H2,1H3,(H2,23,24,27)/t20-/m0/s1. The van der Waals surface area contributed by atoms with E-state index in [9.17, 15) is 9.59 Å². The summed E-state index contributed by atoms with van der Waals surface area (Å²) in [6, 6.07) is 13.2. The van der Waals surface area contributed by atoms with Gasteiger partial charge in [-0.3, -0.25) is 4.79 Å². The van der Waals surface area contributed by atoms with Gasteiger partial charge in [-0.15, -0.1) is 0 Å². The molecule has 1 atom stereocenters. The lowest BCUT2D eigenvalue weighted by Gasteiger charge is -2.27. The smallest absolute Gasteiger partial charge is 0.319 e. The summed E-state index contributed by atoms with van der Waals surface area (Å²) >= 11 is 0. The van der Waals surface area contributed by atoms with Crippen LogP contribution in [0.25, 0.3) is 0 Å². The molecule has 2 aromatic carbocycles. The number of methoxy groups -OCH3 is 1. The summed E-state index contributed by atoms with van der Waals surface area (Å²) in [7, 11) is 1.67. The first-order valence-corrected chi connectivity index (χ1v) is 9.79. The lowest BCUT2D eigenvalue weighted by molar-refractivity contribution is -0.117. The Labute approximate surface area is 164 Å². The van der Waals surface area contributed by atoms with E-state index < -0.39 is 0 Å². The van der Waals surface area contributed by atoms with Gasteiger partial charge in [-0.05, 0) is 73.2 Å². The quantitative estimate of drug-likeness (QED) is 0.843. The molecule has 4 rings (SSSR count). The lowest BCUT2D eigenvalue weighted by atomic mass is 9.87. The van der Waals surface area contributed by atoms with Gasteiger partial charge in [0.2, 0.25) is 5.91 Å². The van der Waals surface area contributed by atoms with Crippen LogP contribution in [0, 0.1) is 0 Å². The minimum absolute atomic E-state index is 0.00356. The van der Waals surface area contributed by atoms with Crippen molar-refractivity contribution in [3.8, 4) is 5.75 Å². The number of carbonyl (C=O) groups is 2. The topological polar surface area (TPSA) is 70.7 Å². The number of benzene rings is 2. The summed E-state index contributed by atoms with van der Waals surface area (Å²) in [6.45, 7) is 0.762. The van der Waals surface area contributed by atoms with Crippen molar-refractivity contribution in [2.75, 3.05) is 23.9 Å². The highest BCUT2D eigenvalue weighted by molar-refractivity contribution is 5.96. The molecule has 2 aliphatic rings. The number of nitrogens with one attached hydrogen (secondary N) is 2. The van der Waals surface area contributed by atoms with Crippen molar-refractivity contribution in [2.45, 2.75) is 38.1 Å². The number of rotatable bonds is 4. The Morgan fingerprint density at radius 2 is 1.93 bits per heavy atom. The summed E-state index contributed by atoms with van der Waals surface area (Å²) < 4.78 is 5.30. The van der Waals surface area contributed by atoms with E-state index in [4.69, 9.17) is 4.74 Å².